The number of anilines is 1. The SMILES string of the molecule is CCCCCCCCCC[C@H]1[C@@H](c2ccccc2)N1c1ccc(OC)cc1. The lowest BCUT2D eigenvalue weighted by atomic mass is 10.0. The van der Waals surface area contributed by atoms with E-state index in [1.54, 1.807) is 7.11 Å². The van der Waals surface area contributed by atoms with E-state index in [1.807, 2.05) is 0 Å². The number of nitrogens with zero attached hydrogens (tertiary/aromatic N) is 1. The molecule has 0 N–H and O–H groups in total. The summed E-state index contributed by atoms with van der Waals surface area (Å²) in [5, 5.41) is 0. The Hall–Kier alpha value is -1.96. The van der Waals surface area contributed by atoms with Crippen LogP contribution < -0.4 is 9.64 Å². The van der Waals surface area contributed by atoms with Crippen molar-refractivity contribution in [1.82, 2.24) is 0 Å². The Labute approximate surface area is 165 Å². The lowest BCUT2D eigenvalue weighted by Gasteiger charge is -2.08. The third-order valence-corrected chi connectivity index (χ3v) is 5.80. The maximum absolute atomic E-state index is 5.32. The Kier molecular flexibility index (Phi) is 7.62. The van der Waals surface area contributed by atoms with Crippen LogP contribution in [0, 0.1) is 0 Å². The van der Waals surface area contributed by atoms with Gasteiger partial charge in [0, 0.05) is 5.69 Å². The van der Waals surface area contributed by atoms with Gasteiger partial charge >= 0.3 is 0 Å². The van der Waals surface area contributed by atoms with Gasteiger partial charge in [-0.1, -0.05) is 88.6 Å². The van der Waals surface area contributed by atoms with E-state index in [2.05, 4.69) is 66.4 Å². The highest BCUT2D eigenvalue weighted by molar-refractivity contribution is 5.60. The molecule has 0 aromatic heterocycles. The Balaban J connectivity index is 1.52. The van der Waals surface area contributed by atoms with E-state index in [-0.39, 0.29) is 0 Å². The molecule has 146 valence electrons. The Morgan fingerprint density at radius 1 is 0.778 bits per heavy atom. The second kappa shape index (κ2) is 10.4. The Bertz CT molecular complexity index is 652. The van der Waals surface area contributed by atoms with Crippen LogP contribution in [0.1, 0.15) is 76.3 Å². The summed E-state index contributed by atoms with van der Waals surface area (Å²) >= 11 is 0. The van der Waals surface area contributed by atoms with Crippen LogP contribution in [-0.4, -0.2) is 13.2 Å². The minimum absolute atomic E-state index is 0.532. The summed E-state index contributed by atoms with van der Waals surface area (Å²) in [6.45, 7) is 2.29. The number of rotatable bonds is 12. The van der Waals surface area contributed by atoms with Crippen molar-refractivity contribution in [3.8, 4) is 5.75 Å². The van der Waals surface area contributed by atoms with Crippen molar-refractivity contribution >= 4 is 5.69 Å². The highest BCUT2D eigenvalue weighted by atomic mass is 16.5. The molecule has 27 heavy (non-hydrogen) atoms. The van der Waals surface area contributed by atoms with Crippen molar-refractivity contribution in [1.29, 1.82) is 0 Å². The summed E-state index contributed by atoms with van der Waals surface area (Å²) in [6, 6.07) is 20.7. The summed E-state index contributed by atoms with van der Waals surface area (Å²) in [6.07, 6.45) is 12.4. The molecule has 2 aromatic carbocycles. The minimum Gasteiger partial charge on any atom is -0.497 e. The van der Waals surface area contributed by atoms with Crippen LogP contribution in [0.5, 0.6) is 5.75 Å². The molecule has 1 heterocycles. The summed E-state index contributed by atoms with van der Waals surface area (Å²) in [7, 11) is 1.73. The van der Waals surface area contributed by atoms with Crippen LogP contribution >= 0.6 is 0 Å². The van der Waals surface area contributed by atoms with E-state index in [4.69, 9.17) is 4.74 Å². The molecular formula is C25H35NO. The van der Waals surface area contributed by atoms with E-state index in [0.29, 0.717) is 12.1 Å². The molecule has 0 radical (unpaired) electrons. The predicted octanol–water partition coefficient (Wildman–Crippen LogP) is 7.16. The van der Waals surface area contributed by atoms with Gasteiger partial charge in [0.25, 0.3) is 0 Å². The van der Waals surface area contributed by atoms with Crippen molar-refractivity contribution in [3.05, 3.63) is 60.2 Å². The zero-order valence-electron chi connectivity index (χ0n) is 17.1. The second-order valence-electron chi connectivity index (χ2n) is 7.79. The lowest BCUT2D eigenvalue weighted by molar-refractivity contribution is 0.415. The Morgan fingerprint density at radius 3 is 2.04 bits per heavy atom. The molecule has 0 bridgehead atoms. The van der Waals surface area contributed by atoms with Gasteiger partial charge in [-0.05, 0) is 36.2 Å². The van der Waals surface area contributed by atoms with Crippen molar-refractivity contribution in [2.24, 2.45) is 0 Å². The maximum Gasteiger partial charge on any atom is 0.119 e. The highest BCUT2D eigenvalue weighted by Gasteiger charge is 2.47. The highest BCUT2D eigenvalue weighted by Crippen LogP contribution is 2.49. The molecule has 2 atom stereocenters. The van der Waals surface area contributed by atoms with E-state index in [1.165, 1.54) is 69.0 Å². The van der Waals surface area contributed by atoms with Crippen LogP contribution in [0.25, 0.3) is 0 Å². The molecule has 0 amide bonds. The first-order chi connectivity index (χ1) is 13.3. The molecule has 2 heteroatoms. The average Bonchev–Trinajstić information content (AvgIpc) is 3.45. The molecule has 0 saturated carbocycles. The van der Waals surface area contributed by atoms with Gasteiger partial charge in [-0.2, -0.15) is 0 Å². The van der Waals surface area contributed by atoms with Crippen LogP contribution in [0.2, 0.25) is 0 Å². The molecule has 3 rings (SSSR count). The van der Waals surface area contributed by atoms with Gasteiger partial charge in [-0.15, -0.1) is 0 Å². The lowest BCUT2D eigenvalue weighted by Crippen LogP contribution is -1.99. The number of methoxy groups -OCH3 is 1. The molecule has 2 aromatic rings. The second-order valence-corrected chi connectivity index (χ2v) is 7.79. The largest absolute Gasteiger partial charge is 0.497 e. The molecule has 0 aliphatic carbocycles. The monoisotopic (exact) mass is 365 g/mol. The summed E-state index contributed by atoms with van der Waals surface area (Å²) in [5.74, 6) is 0.927. The average molecular weight is 366 g/mol. The van der Waals surface area contributed by atoms with Crippen molar-refractivity contribution in [2.45, 2.75) is 76.8 Å². The smallest absolute Gasteiger partial charge is 0.119 e. The van der Waals surface area contributed by atoms with Crippen molar-refractivity contribution < 1.29 is 4.74 Å². The van der Waals surface area contributed by atoms with Crippen LogP contribution in [0.3, 0.4) is 0 Å². The normalized spacial score (nSPS) is 18.5. The van der Waals surface area contributed by atoms with Gasteiger partial charge in [0.05, 0.1) is 19.2 Å². The number of benzene rings is 2. The molecule has 1 saturated heterocycles. The molecule has 1 aliphatic heterocycles. The van der Waals surface area contributed by atoms with Crippen molar-refractivity contribution in [2.75, 3.05) is 12.0 Å². The molecule has 0 spiro atoms. The van der Waals surface area contributed by atoms with Gasteiger partial charge in [-0.3, -0.25) is 0 Å². The van der Waals surface area contributed by atoms with Crippen LogP contribution in [-0.2, 0) is 0 Å². The van der Waals surface area contributed by atoms with Crippen LogP contribution in [0.15, 0.2) is 54.6 Å². The number of unbranched alkanes of at least 4 members (excludes halogenated alkanes) is 7. The fraction of sp³-hybridized carbons (Fsp3) is 0.520. The zero-order valence-corrected chi connectivity index (χ0v) is 17.1. The van der Waals surface area contributed by atoms with E-state index in [0.717, 1.165) is 5.75 Å². The number of hydrogen-bond donors (Lipinski definition) is 0. The Morgan fingerprint density at radius 2 is 1.41 bits per heavy atom. The first kappa shape index (κ1) is 19.8. The van der Waals surface area contributed by atoms with Gasteiger partial charge in [-0.25, -0.2) is 0 Å². The third kappa shape index (κ3) is 5.51. The van der Waals surface area contributed by atoms with Gasteiger partial charge in [0.15, 0.2) is 0 Å². The van der Waals surface area contributed by atoms with E-state index < -0.39 is 0 Å². The quantitative estimate of drug-likeness (QED) is 0.292. The van der Waals surface area contributed by atoms with Gasteiger partial charge in [0.1, 0.15) is 5.75 Å². The van der Waals surface area contributed by atoms with Crippen molar-refractivity contribution in [3.63, 3.8) is 0 Å². The fourth-order valence-electron chi connectivity index (χ4n) is 4.20. The number of hydrogen-bond acceptors (Lipinski definition) is 2. The first-order valence-corrected chi connectivity index (χ1v) is 10.8. The molecule has 1 aliphatic rings. The molecular weight excluding hydrogens is 330 g/mol. The van der Waals surface area contributed by atoms with Gasteiger partial charge in [0.2, 0.25) is 0 Å². The molecule has 0 unspecified atom stereocenters. The fourth-order valence-corrected chi connectivity index (χ4v) is 4.20. The van der Waals surface area contributed by atoms with Gasteiger partial charge < -0.3 is 9.64 Å². The maximum atomic E-state index is 5.32. The third-order valence-electron chi connectivity index (χ3n) is 5.80. The summed E-state index contributed by atoms with van der Waals surface area (Å²) in [5.41, 5.74) is 2.76. The standard InChI is InChI=1S/C25H35NO/c1-3-4-5-6-7-8-9-13-16-24-25(21-14-11-10-12-15-21)26(24)22-17-19-23(27-2)20-18-22/h10-12,14-15,17-20,24-25H,3-9,13,16H2,1-2H3/t24-,25+,26?/m0/s1. The first-order valence-electron chi connectivity index (χ1n) is 10.8. The predicted molar refractivity (Wildman–Crippen MR) is 116 cm³/mol. The minimum atomic E-state index is 0.532. The number of ether oxygens (including phenoxy) is 1. The molecule has 2 nitrogen and oxygen atoms in total. The van der Waals surface area contributed by atoms with E-state index in [9.17, 15) is 0 Å². The van der Waals surface area contributed by atoms with E-state index >= 15 is 0 Å². The zero-order chi connectivity index (χ0) is 18.9. The summed E-state index contributed by atoms with van der Waals surface area (Å²) in [4.78, 5) is 2.58. The summed E-state index contributed by atoms with van der Waals surface area (Å²) < 4.78 is 5.32. The van der Waals surface area contributed by atoms with Crippen LogP contribution in [0.4, 0.5) is 5.69 Å². The molecule has 1 fully saturated rings. The topological polar surface area (TPSA) is 12.2 Å².